The molecule has 0 aromatic carbocycles. The van der Waals surface area contributed by atoms with Crippen LogP contribution < -0.4 is 10.0 Å². The van der Waals surface area contributed by atoms with Gasteiger partial charge in [0.2, 0.25) is 10.0 Å². The first-order chi connectivity index (χ1) is 8.59. The number of unbranched alkanes of at least 4 members (excludes halogenated alkanes) is 1. The van der Waals surface area contributed by atoms with Gasteiger partial charge in [-0.15, -0.1) is 0 Å². The molecule has 2 N–H and O–H groups in total. The Kier molecular flexibility index (Phi) is 7.19. The Morgan fingerprint density at radius 3 is 2.56 bits per heavy atom. The van der Waals surface area contributed by atoms with Crippen LogP contribution in [0.2, 0.25) is 0 Å². The van der Waals surface area contributed by atoms with Crippen molar-refractivity contribution in [2.75, 3.05) is 18.8 Å². The van der Waals surface area contributed by atoms with Gasteiger partial charge in [-0.05, 0) is 51.1 Å². The molecule has 0 spiro atoms. The van der Waals surface area contributed by atoms with Gasteiger partial charge in [0, 0.05) is 6.04 Å². The number of nitrogens with one attached hydrogen (secondary N) is 2. The van der Waals surface area contributed by atoms with E-state index in [4.69, 9.17) is 0 Å². The number of hydrogen-bond donors (Lipinski definition) is 2. The van der Waals surface area contributed by atoms with E-state index in [1.54, 1.807) is 0 Å². The maximum absolute atomic E-state index is 11.8. The van der Waals surface area contributed by atoms with Crippen LogP contribution in [-0.2, 0) is 10.0 Å². The van der Waals surface area contributed by atoms with Gasteiger partial charge >= 0.3 is 0 Å². The van der Waals surface area contributed by atoms with Crippen molar-refractivity contribution < 1.29 is 8.42 Å². The first kappa shape index (κ1) is 15.9. The standard InChI is InChI=1S/C13H28N2O2S/c1-3-7-12-11-13(12)15-18(16,17)10-6-5-9-14-8-4-2/h12-15H,3-11H2,1-2H3. The number of sulfonamides is 1. The Morgan fingerprint density at radius 2 is 1.89 bits per heavy atom. The van der Waals surface area contributed by atoms with Crippen LogP contribution in [0.3, 0.4) is 0 Å². The van der Waals surface area contributed by atoms with Gasteiger partial charge in [0.05, 0.1) is 5.75 Å². The summed E-state index contributed by atoms with van der Waals surface area (Å²) < 4.78 is 26.4. The third kappa shape index (κ3) is 6.71. The number of hydrogen-bond acceptors (Lipinski definition) is 3. The average molecular weight is 276 g/mol. The summed E-state index contributed by atoms with van der Waals surface area (Å²) in [5, 5.41) is 3.28. The maximum atomic E-state index is 11.8. The Labute approximate surface area is 112 Å². The van der Waals surface area contributed by atoms with Crippen molar-refractivity contribution in [3.8, 4) is 0 Å². The smallest absolute Gasteiger partial charge is 0.211 e. The molecule has 0 bridgehead atoms. The van der Waals surface area contributed by atoms with Crippen molar-refractivity contribution in [3.05, 3.63) is 0 Å². The largest absolute Gasteiger partial charge is 0.317 e. The Hall–Kier alpha value is -0.130. The second-order valence-corrected chi connectivity index (χ2v) is 7.16. The second kappa shape index (κ2) is 8.12. The fourth-order valence-corrected chi connectivity index (χ4v) is 3.67. The topological polar surface area (TPSA) is 58.2 Å². The van der Waals surface area contributed by atoms with Crippen LogP contribution in [0.25, 0.3) is 0 Å². The van der Waals surface area contributed by atoms with E-state index in [0.29, 0.717) is 5.92 Å². The number of rotatable bonds is 11. The van der Waals surface area contributed by atoms with Gasteiger partial charge in [0.1, 0.15) is 0 Å². The first-order valence-electron chi connectivity index (χ1n) is 7.29. The third-order valence-corrected chi connectivity index (χ3v) is 4.84. The summed E-state index contributed by atoms with van der Waals surface area (Å²) in [6.07, 6.45) is 6.13. The zero-order valence-corrected chi connectivity index (χ0v) is 12.6. The molecule has 1 aliphatic carbocycles. The van der Waals surface area contributed by atoms with Crippen molar-refractivity contribution in [3.63, 3.8) is 0 Å². The van der Waals surface area contributed by atoms with Crippen LogP contribution in [0.15, 0.2) is 0 Å². The molecule has 1 saturated carbocycles. The predicted octanol–water partition coefficient (Wildman–Crippen LogP) is 1.87. The third-order valence-electron chi connectivity index (χ3n) is 3.36. The first-order valence-corrected chi connectivity index (χ1v) is 8.95. The summed E-state index contributed by atoms with van der Waals surface area (Å²) in [6.45, 7) is 6.22. The molecule has 1 fully saturated rings. The van der Waals surface area contributed by atoms with Gasteiger partial charge in [-0.3, -0.25) is 0 Å². The van der Waals surface area contributed by atoms with Gasteiger partial charge in [-0.1, -0.05) is 20.3 Å². The van der Waals surface area contributed by atoms with E-state index in [0.717, 1.165) is 51.6 Å². The highest BCUT2D eigenvalue weighted by atomic mass is 32.2. The van der Waals surface area contributed by atoms with Gasteiger partial charge in [-0.25, -0.2) is 13.1 Å². The monoisotopic (exact) mass is 276 g/mol. The van der Waals surface area contributed by atoms with Crippen molar-refractivity contribution >= 4 is 10.0 Å². The Bertz CT molecular complexity index is 317. The van der Waals surface area contributed by atoms with E-state index in [1.807, 2.05) is 0 Å². The van der Waals surface area contributed by atoms with E-state index in [9.17, 15) is 8.42 Å². The van der Waals surface area contributed by atoms with Crippen LogP contribution >= 0.6 is 0 Å². The maximum Gasteiger partial charge on any atom is 0.211 e. The summed E-state index contributed by atoms with van der Waals surface area (Å²) in [7, 11) is -3.04. The summed E-state index contributed by atoms with van der Waals surface area (Å²) in [5.41, 5.74) is 0. The van der Waals surface area contributed by atoms with Crippen LogP contribution in [0.4, 0.5) is 0 Å². The summed E-state index contributed by atoms with van der Waals surface area (Å²) in [6, 6.07) is 0.230. The van der Waals surface area contributed by atoms with E-state index in [1.165, 1.54) is 0 Å². The Morgan fingerprint density at radius 1 is 1.11 bits per heavy atom. The van der Waals surface area contributed by atoms with Gasteiger partial charge in [0.15, 0.2) is 0 Å². The molecule has 1 rings (SSSR count). The molecule has 5 heteroatoms. The lowest BCUT2D eigenvalue weighted by Crippen LogP contribution is -2.29. The molecule has 0 amide bonds. The quantitative estimate of drug-likeness (QED) is 0.566. The summed E-state index contributed by atoms with van der Waals surface area (Å²) in [5.74, 6) is 0.867. The van der Waals surface area contributed by atoms with Crippen molar-refractivity contribution in [1.82, 2.24) is 10.0 Å². The molecule has 2 atom stereocenters. The highest BCUT2D eigenvalue weighted by molar-refractivity contribution is 7.89. The predicted molar refractivity (Wildman–Crippen MR) is 76.1 cm³/mol. The van der Waals surface area contributed by atoms with Gasteiger partial charge in [0.25, 0.3) is 0 Å². The van der Waals surface area contributed by atoms with E-state index in [2.05, 4.69) is 23.9 Å². The SMILES string of the molecule is CCCNCCCCS(=O)(=O)NC1CC1CCC. The fraction of sp³-hybridized carbons (Fsp3) is 1.00. The molecular formula is C13H28N2O2S. The molecule has 0 aromatic heterocycles. The van der Waals surface area contributed by atoms with E-state index in [-0.39, 0.29) is 11.8 Å². The minimum Gasteiger partial charge on any atom is -0.317 e. The lowest BCUT2D eigenvalue weighted by atomic mass is 10.2. The molecule has 0 aliphatic heterocycles. The van der Waals surface area contributed by atoms with Crippen LogP contribution in [0.1, 0.15) is 52.4 Å². The molecular weight excluding hydrogens is 248 g/mol. The molecule has 1 aliphatic rings. The molecule has 4 nitrogen and oxygen atoms in total. The average Bonchev–Trinajstić information content (AvgIpc) is 3.01. The minimum absolute atomic E-state index is 0.230. The van der Waals surface area contributed by atoms with E-state index < -0.39 is 10.0 Å². The highest BCUT2D eigenvalue weighted by Gasteiger charge is 2.38. The zero-order valence-electron chi connectivity index (χ0n) is 11.7. The molecule has 0 saturated heterocycles. The van der Waals surface area contributed by atoms with Crippen molar-refractivity contribution in [1.29, 1.82) is 0 Å². The summed E-state index contributed by atoms with van der Waals surface area (Å²) in [4.78, 5) is 0. The minimum atomic E-state index is -3.04. The van der Waals surface area contributed by atoms with Crippen LogP contribution in [0, 0.1) is 5.92 Å². The molecule has 108 valence electrons. The zero-order chi connectivity index (χ0) is 13.4. The molecule has 0 heterocycles. The highest BCUT2D eigenvalue weighted by Crippen LogP contribution is 2.35. The van der Waals surface area contributed by atoms with Gasteiger partial charge < -0.3 is 5.32 Å². The molecule has 0 aromatic rings. The van der Waals surface area contributed by atoms with Crippen LogP contribution in [0.5, 0.6) is 0 Å². The summed E-state index contributed by atoms with van der Waals surface area (Å²) >= 11 is 0. The van der Waals surface area contributed by atoms with Gasteiger partial charge in [-0.2, -0.15) is 0 Å². The molecule has 2 unspecified atom stereocenters. The molecule has 18 heavy (non-hydrogen) atoms. The normalized spacial score (nSPS) is 23.2. The second-order valence-electron chi connectivity index (χ2n) is 5.28. The van der Waals surface area contributed by atoms with Crippen LogP contribution in [-0.4, -0.2) is 33.3 Å². The molecule has 0 radical (unpaired) electrons. The lowest BCUT2D eigenvalue weighted by Gasteiger charge is -2.06. The fourth-order valence-electron chi connectivity index (χ4n) is 2.22. The Balaban J connectivity index is 2.06. The van der Waals surface area contributed by atoms with E-state index >= 15 is 0 Å². The van der Waals surface area contributed by atoms with Crippen molar-refractivity contribution in [2.45, 2.75) is 58.4 Å². The van der Waals surface area contributed by atoms with Crippen molar-refractivity contribution in [2.24, 2.45) is 5.92 Å². The lowest BCUT2D eigenvalue weighted by molar-refractivity contribution is 0.565.